The molecule has 1 aromatic rings. The number of nitrogens with zero attached hydrogens (tertiary/aromatic N) is 1. The van der Waals surface area contributed by atoms with Gasteiger partial charge in [0.05, 0.1) is 17.5 Å². The molecule has 1 saturated heterocycles. The van der Waals surface area contributed by atoms with Crippen molar-refractivity contribution >= 4 is 17.5 Å². The van der Waals surface area contributed by atoms with Gasteiger partial charge in [0.1, 0.15) is 0 Å². The first-order valence-electron chi connectivity index (χ1n) is 8.94. The number of hydrogen-bond donors (Lipinski definition) is 0. The molecular formula is C21H21NO2. The van der Waals surface area contributed by atoms with E-state index in [1.807, 2.05) is 30.3 Å². The summed E-state index contributed by atoms with van der Waals surface area (Å²) >= 11 is 0. The average Bonchev–Trinajstić information content (AvgIpc) is 3.26. The molecule has 0 spiro atoms. The van der Waals surface area contributed by atoms with Crippen LogP contribution in [0.1, 0.15) is 20.3 Å². The van der Waals surface area contributed by atoms with Gasteiger partial charge in [-0.2, -0.15) is 0 Å². The van der Waals surface area contributed by atoms with Crippen molar-refractivity contribution in [3.05, 3.63) is 53.6 Å². The quantitative estimate of drug-likeness (QED) is 0.586. The summed E-state index contributed by atoms with van der Waals surface area (Å²) in [5.74, 6) is 0.938. The van der Waals surface area contributed by atoms with E-state index in [0.717, 1.165) is 6.42 Å². The molecule has 0 aromatic heterocycles. The summed E-state index contributed by atoms with van der Waals surface area (Å²) in [6, 6.07) is 9.39. The van der Waals surface area contributed by atoms with Gasteiger partial charge in [-0.1, -0.05) is 55.3 Å². The molecule has 3 aliphatic carbocycles. The lowest BCUT2D eigenvalue weighted by Crippen LogP contribution is -2.37. The van der Waals surface area contributed by atoms with Gasteiger partial charge < -0.3 is 0 Å². The zero-order valence-corrected chi connectivity index (χ0v) is 14.0. The van der Waals surface area contributed by atoms with E-state index in [1.165, 1.54) is 16.0 Å². The molecule has 3 nitrogen and oxygen atoms in total. The number of hydrogen-bond acceptors (Lipinski definition) is 2. The highest BCUT2D eigenvalue weighted by atomic mass is 16.2. The van der Waals surface area contributed by atoms with Crippen LogP contribution in [0.4, 0.5) is 5.69 Å². The Bertz CT molecular complexity index is 760. The minimum atomic E-state index is -0.195. The van der Waals surface area contributed by atoms with E-state index in [1.54, 1.807) is 0 Å². The molecule has 1 aliphatic heterocycles. The Morgan fingerprint density at radius 1 is 0.833 bits per heavy atom. The Hall–Kier alpha value is -2.16. The lowest BCUT2D eigenvalue weighted by Gasteiger charge is -2.38. The number of carbonyl (C=O) groups is 2. The topological polar surface area (TPSA) is 37.4 Å². The summed E-state index contributed by atoms with van der Waals surface area (Å²) in [4.78, 5) is 27.8. The smallest absolute Gasteiger partial charge is 0.238 e. The van der Waals surface area contributed by atoms with E-state index in [4.69, 9.17) is 0 Å². The summed E-state index contributed by atoms with van der Waals surface area (Å²) in [6.07, 6.45) is 5.77. The summed E-state index contributed by atoms with van der Waals surface area (Å²) in [5, 5.41) is 0. The van der Waals surface area contributed by atoms with Crippen LogP contribution in [0.2, 0.25) is 0 Å². The fraction of sp³-hybridized carbons (Fsp3) is 0.429. The zero-order valence-electron chi connectivity index (χ0n) is 14.0. The maximum absolute atomic E-state index is 13.2. The maximum Gasteiger partial charge on any atom is 0.238 e. The Morgan fingerprint density at radius 2 is 1.33 bits per heavy atom. The van der Waals surface area contributed by atoms with Crippen LogP contribution in [-0.2, 0) is 9.59 Å². The van der Waals surface area contributed by atoms with Gasteiger partial charge >= 0.3 is 0 Å². The summed E-state index contributed by atoms with van der Waals surface area (Å²) in [6.45, 7) is 4.32. The van der Waals surface area contributed by atoms with Crippen LogP contribution in [0.25, 0.3) is 0 Å². The third kappa shape index (κ3) is 1.58. The van der Waals surface area contributed by atoms with E-state index in [2.05, 4.69) is 26.0 Å². The second-order valence-electron chi connectivity index (χ2n) is 7.72. The summed E-state index contributed by atoms with van der Waals surface area (Å²) < 4.78 is 0. The zero-order chi connectivity index (χ0) is 16.6. The van der Waals surface area contributed by atoms with Gasteiger partial charge in [-0.05, 0) is 42.2 Å². The molecule has 0 unspecified atom stereocenters. The first kappa shape index (κ1) is 14.2. The molecule has 4 aliphatic rings. The minimum absolute atomic E-state index is 0.00569. The highest BCUT2D eigenvalue weighted by molar-refractivity contribution is 6.22. The Morgan fingerprint density at radius 3 is 1.83 bits per heavy atom. The minimum Gasteiger partial charge on any atom is -0.274 e. The number of benzene rings is 1. The van der Waals surface area contributed by atoms with Crippen molar-refractivity contribution in [2.45, 2.75) is 20.3 Å². The molecule has 1 fully saturated rings. The van der Waals surface area contributed by atoms with E-state index in [9.17, 15) is 9.59 Å². The van der Waals surface area contributed by atoms with Gasteiger partial charge in [-0.15, -0.1) is 0 Å². The molecule has 2 amide bonds. The van der Waals surface area contributed by atoms with Crippen molar-refractivity contribution in [3.8, 4) is 0 Å². The van der Waals surface area contributed by atoms with Crippen LogP contribution in [0, 0.1) is 35.5 Å². The molecule has 3 heteroatoms. The number of imide groups is 1. The Balaban J connectivity index is 1.60. The van der Waals surface area contributed by atoms with Crippen molar-refractivity contribution in [2.75, 3.05) is 4.90 Å². The first-order chi connectivity index (χ1) is 11.6. The van der Waals surface area contributed by atoms with Gasteiger partial charge in [-0.3, -0.25) is 14.5 Å². The van der Waals surface area contributed by atoms with Crippen LogP contribution in [0.3, 0.4) is 0 Å². The van der Waals surface area contributed by atoms with Gasteiger partial charge in [-0.25, -0.2) is 0 Å². The lowest BCUT2D eigenvalue weighted by molar-refractivity contribution is -0.122. The standard InChI is InChI=1S/C21H21NO2/c1-11-16-13-8-9-14(10-13)17(16)12(2)19-18(11)20(23)22(21(19)24)15-6-4-3-5-7-15/h3-9,11-14,18-19H,10H2,1-2H3/t11-,12+,13-,14-,18+,19-/m0/s1. The van der Waals surface area contributed by atoms with Crippen LogP contribution in [-0.4, -0.2) is 11.8 Å². The lowest BCUT2D eigenvalue weighted by atomic mass is 9.63. The van der Waals surface area contributed by atoms with Crippen molar-refractivity contribution in [1.82, 2.24) is 0 Å². The van der Waals surface area contributed by atoms with Crippen LogP contribution >= 0.6 is 0 Å². The molecule has 0 saturated carbocycles. The number of anilines is 1. The van der Waals surface area contributed by atoms with Gasteiger partial charge in [0.2, 0.25) is 11.8 Å². The van der Waals surface area contributed by atoms with E-state index in [0.29, 0.717) is 17.5 Å². The van der Waals surface area contributed by atoms with Crippen molar-refractivity contribution < 1.29 is 9.59 Å². The van der Waals surface area contributed by atoms with Gasteiger partial charge in [0.25, 0.3) is 0 Å². The molecule has 0 radical (unpaired) electrons. The third-order valence-corrected chi connectivity index (χ3v) is 6.69. The Kier molecular flexibility index (Phi) is 2.77. The number of carbonyl (C=O) groups excluding carboxylic acids is 2. The first-order valence-corrected chi connectivity index (χ1v) is 8.94. The number of rotatable bonds is 1. The van der Waals surface area contributed by atoms with Crippen molar-refractivity contribution in [1.29, 1.82) is 0 Å². The number of para-hydroxylation sites is 1. The Labute approximate surface area is 142 Å². The molecule has 1 aromatic carbocycles. The summed E-state index contributed by atoms with van der Waals surface area (Å²) in [5.41, 5.74) is 3.64. The van der Waals surface area contributed by atoms with E-state index in [-0.39, 0.29) is 35.5 Å². The monoisotopic (exact) mass is 319 g/mol. The molecule has 2 bridgehead atoms. The summed E-state index contributed by atoms with van der Waals surface area (Å²) in [7, 11) is 0. The predicted molar refractivity (Wildman–Crippen MR) is 92.0 cm³/mol. The normalized spacial score (nSPS) is 39.7. The molecule has 1 heterocycles. The largest absolute Gasteiger partial charge is 0.274 e. The van der Waals surface area contributed by atoms with Gasteiger partial charge in [0, 0.05) is 0 Å². The fourth-order valence-corrected chi connectivity index (χ4v) is 5.77. The maximum atomic E-state index is 13.2. The molecule has 6 atom stereocenters. The van der Waals surface area contributed by atoms with Crippen LogP contribution in [0.5, 0.6) is 0 Å². The molecule has 0 N–H and O–H groups in total. The van der Waals surface area contributed by atoms with Gasteiger partial charge in [0.15, 0.2) is 0 Å². The number of allylic oxidation sites excluding steroid dienone is 4. The van der Waals surface area contributed by atoms with E-state index < -0.39 is 0 Å². The van der Waals surface area contributed by atoms with Crippen molar-refractivity contribution in [3.63, 3.8) is 0 Å². The molecular weight excluding hydrogens is 298 g/mol. The second kappa shape index (κ2) is 4.69. The second-order valence-corrected chi connectivity index (χ2v) is 7.72. The highest BCUT2D eigenvalue weighted by Crippen LogP contribution is 2.58. The predicted octanol–water partition coefficient (Wildman–Crippen LogP) is 3.58. The molecule has 24 heavy (non-hydrogen) atoms. The third-order valence-electron chi connectivity index (χ3n) is 6.69. The van der Waals surface area contributed by atoms with Crippen LogP contribution in [0.15, 0.2) is 53.6 Å². The highest BCUT2D eigenvalue weighted by Gasteiger charge is 2.59. The van der Waals surface area contributed by atoms with Crippen LogP contribution < -0.4 is 4.90 Å². The average molecular weight is 319 g/mol. The SMILES string of the molecule is C[C@@H]1C2=C([C@H]3C=C[C@H]2C3)[C@H](C)[C@H]2C(=O)N(c3ccccc3)C(=O)[C@H]21. The molecule has 5 rings (SSSR count). The fourth-order valence-electron chi connectivity index (χ4n) is 5.77. The molecule has 122 valence electrons. The van der Waals surface area contributed by atoms with E-state index >= 15 is 0 Å². The number of fused-ring (bicyclic) bond motifs is 5. The number of amides is 2. The van der Waals surface area contributed by atoms with Crippen molar-refractivity contribution in [2.24, 2.45) is 35.5 Å².